The standard InChI is InChI=1S/C19H21FN2O/c1-14(17-3-2-10-21-13-17)22-11-8-16(9-12-22)19(23)15-4-6-18(20)7-5-15/h2-7,10,13-14,16H,8-9,11-12H2,1H3. The van der Waals surface area contributed by atoms with E-state index in [1.807, 2.05) is 12.3 Å². The number of halogens is 1. The van der Waals surface area contributed by atoms with Gasteiger partial charge in [-0.3, -0.25) is 14.7 Å². The molecule has 120 valence electrons. The summed E-state index contributed by atoms with van der Waals surface area (Å²) in [6.45, 7) is 3.97. The Morgan fingerprint density at radius 3 is 2.52 bits per heavy atom. The van der Waals surface area contributed by atoms with Crippen LogP contribution in [-0.2, 0) is 0 Å². The van der Waals surface area contributed by atoms with E-state index in [1.165, 1.54) is 17.7 Å². The summed E-state index contributed by atoms with van der Waals surface area (Å²) in [4.78, 5) is 19.1. The van der Waals surface area contributed by atoms with Crippen molar-refractivity contribution < 1.29 is 9.18 Å². The monoisotopic (exact) mass is 312 g/mol. The highest BCUT2D eigenvalue weighted by molar-refractivity contribution is 5.97. The second-order valence-electron chi connectivity index (χ2n) is 6.14. The Bertz CT molecular complexity index is 649. The molecule has 0 spiro atoms. The van der Waals surface area contributed by atoms with Crippen molar-refractivity contribution >= 4 is 5.78 Å². The predicted molar refractivity (Wildman–Crippen MR) is 87.7 cm³/mol. The van der Waals surface area contributed by atoms with Crippen LogP contribution in [0.1, 0.15) is 41.7 Å². The van der Waals surface area contributed by atoms with Crippen LogP contribution in [-0.4, -0.2) is 28.8 Å². The van der Waals surface area contributed by atoms with Crippen LogP contribution in [0.25, 0.3) is 0 Å². The molecule has 1 aliphatic rings. The molecule has 1 aromatic carbocycles. The van der Waals surface area contributed by atoms with E-state index >= 15 is 0 Å². The zero-order valence-electron chi connectivity index (χ0n) is 13.3. The number of hydrogen-bond acceptors (Lipinski definition) is 3. The Labute approximate surface area is 136 Å². The van der Waals surface area contributed by atoms with Gasteiger partial charge < -0.3 is 0 Å². The van der Waals surface area contributed by atoms with Gasteiger partial charge in [0, 0.05) is 29.9 Å². The molecule has 1 atom stereocenters. The van der Waals surface area contributed by atoms with Gasteiger partial charge in [0.2, 0.25) is 0 Å². The van der Waals surface area contributed by atoms with Gasteiger partial charge in [0.05, 0.1) is 0 Å². The average molecular weight is 312 g/mol. The lowest BCUT2D eigenvalue weighted by Crippen LogP contribution is -2.38. The first-order valence-corrected chi connectivity index (χ1v) is 8.09. The molecule has 0 saturated carbocycles. The molecule has 3 nitrogen and oxygen atoms in total. The molecule has 1 fully saturated rings. The molecule has 1 saturated heterocycles. The van der Waals surface area contributed by atoms with Gasteiger partial charge in [-0.05, 0) is 68.8 Å². The maximum absolute atomic E-state index is 13.0. The molecule has 1 unspecified atom stereocenters. The molecular formula is C19H21FN2O. The summed E-state index contributed by atoms with van der Waals surface area (Å²) in [6, 6.07) is 10.2. The van der Waals surface area contributed by atoms with E-state index in [2.05, 4.69) is 22.9 Å². The SMILES string of the molecule is CC(c1cccnc1)N1CCC(C(=O)c2ccc(F)cc2)CC1. The highest BCUT2D eigenvalue weighted by atomic mass is 19.1. The topological polar surface area (TPSA) is 33.2 Å². The Morgan fingerprint density at radius 1 is 1.22 bits per heavy atom. The van der Waals surface area contributed by atoms with Crippen LogP contribution in [0, 0.1) is 11.7 Å². The largest absolute Gasteiger partial charge is 0.297 e. The van der Waals surface area contributed by atoms with E-state index in [4.69, 9.17) is 0 Å². The predicted octanol–water partition coefficient (Wildman–Crippen LogP) is 3.88. The number of carbonyl (C=O) groups is 1. The fourth-order valence-electron chi connectivity index (χ4n) is 3.23. The fourth-order valence-corrected chi connectivity index (χ4v) is 3.23. The van der Waals surface area contributed by atoms with E-state index in [0.717, 1.165) is 25.9 Å². The summed E-state index contributed by atoms with van der Waals surface area (Å²) in [5.74, 6) is -0.127. The number of piperidine rings is 1. The van der Waals surface area contributed by atoms with Crippen molar-refractivity contribution in [3.05, 3.63) is 65.7 Å². The fraction of sp³-hybridized carbons (Fsp3) is 0.368. The van der Waals surface area contributed by atoms with Crippen molar-refractivity contribution in [1.29, 1.82) is 0 Å². The number of aromatic nitrogens is 1. The van der Waals surface area contributed by atoms with E-state index in [-0.39, 0.29) is 17.5 Å². The lowest BCUT2D eigenvalue weighted by Gasteiger charge is -2.35. The zero-order valence-corrected chi connectivity index (χ0v) is 13.3. The van der Waals surface area contributed by atoms with E-state index in [9.17, 15) is 9.18 Å². The molecule has 1 aromatic heterocycles. The van der Waals surface area contributed by atoms with Crippen LogP contribution in [0.4, 0.5) is 4.39 Å². The molecule has 2 aromatic rings. The van der Waals surface area contributed by atoms with Crippen molar-refractivity contribution in [2.45, 2.75) is 25.8 Å². The molecule has 0 aliphatic carbocycles. The lowest BCUT2D eigenvalue weighted by atomic mass is 9.88. The third-order valence-electron chi connectivity index (χ3n) is 4.74. The molecule has 23 heavy (non-hydrogen) atoms. The first kappa shape index (κ1) is 15.8. The van der Waals surface area contributed by atoms with Gasteiger partial charge in [-0.15, -0.1) is 0 Å². The van der Waals surface area contributed by atoms with Gasteiger partial charge >= 0.3 is 0 Å². The van der Waals surface area contributed by atoms with Gasteiger partial charge in [-0.2, -0.15) is 0 Å². The quantitative estimate of drug-likeness (QED) is 0.803. The highest BCUT2D eigenvalue weighted by Crippen LogP contribution is 2.28. The second kappa shape index (κ2) is 7.01. The molecule has 0 bridgehead atoms. The number of likely N-dealkylation sites (tertiary alicyclic amines) is 1. The van der Waals surface area contributed by atoms with E-state index < -0.39 is 0 Å². The minimum atomic E-state index is -0.304. The van der Waals surface area contributed by atoms with E-state index in [1.54, 1.807) is 18.3 Å². The van der Waals surface area contributed by atoms with Crippen LogP contribution >= 0.6 is 0 Å². The number of Topliss-reactive ketones (excluding diaryl/α,β-unsaturated/α-hetero) is 1. The number of benzene rings is 1. The number of rotatable bonds is 4. The smallest absolute Gasteiger partial charge is 0.166 e. The van der Waals surface area contributed by atoms with Crippen LogP contribution < -0.4 is 0 Å². The number of ketones is 1. The third-order valence-corrected chi connectivity index (χ3v) is 4.74. The van der Waals surface area contributed by atoms with Gasteiger partial charge in [0.1, 0.15) is 5.82 Å². The van der Waals surface area contributed by atoms with Crippen molar-refractivity contribution in [2.75, 3.05) is 13.1 Å². The molecule has 0 radical (unpaired) electrons. The first-order chi connectivity index (χ1) is 11.1. The van der Waals surface area contributed by atoms with Crippen LogP contribution in [0.3, 0.4) is 0 Å². The minimum absolute atomic E-state index is 0.0396. The maximum Gasteiger partial charge on any atom is 0.166 e. The molecule has 0 N–H and O–H groups in total. The highest BCUT2D eigenvalue weighted by Gasteiger charge is 2.28. The van der Waals surface area contributed by atoms with Crippen LogP contribution in [0.15, 0.2) is 48.8 Å². The van der Waals surface area contributed by atoms with Crippen molar-refractivity contribution in [2.24, 2.45) is 5.92 Å². The van der Waals surface area contributed by atoms with E-state index in [0.29, 0.717) is 11.6 Å². The van der Waals surface area contributed by atoms with Gasteiger partial charge in [0.15, 0.2) is 5.78 Å². The van der Waals surface area contributed by atoms with Crippen molar-refractivity contribution in [1.82, 2.24) is 9.88 Å². The molecule has 3 rings (SSSR count). The normalized spacial score (nSPS) is 17.8. The number of nitrogens with zero attached hydrogens (tertiary/aromatic N) is 2. The van der Waals surface area contributed by atoms with Gasteiger partial charge in [0.25, 0.3) is 0 Å². The van der Waals surface area contributed by atoms with Crippen LogP contribution in [0.5, 0.6) is 0 Å². The molecule has 2 heterocycles. The summed E-state index contributed by atoms with van der Waals surface area (Å²) in [7, 11) is 0. The Balaban J connectivity index is 1.60. The Kier molecular flexibility index (Phi) is 4.82. The van der Waals surface area contributed by atoms with Crippen molar-refractivity contribution in [3.8, 4) is 0 Å². The van der Waals surface area contributed by atoms with Gasteiger partial charge in [-0.1, -0.05) is 6.07 Å². The summed E-state index contributed by atoms with van der Waals surface area (Å²) in [6.07, 6.45) is 5.38. The Morgan fingerprint density at radius 2 is 1.91 bits per heavy atom. The summed E-state index contributed by atoms with van der Waals surface area (Å²) >= 11 is 0. The number of pyridine rings is 1. The Hall–Kier alpha value is -2.07. The minimum Gasteiger partial charge on any atom is -0.297 e. The van der Waals surface area contributed by atoms with Gasteiger partial charge in [-0.25, -0.2) is 4.39 Å². The summed E-state index contributed by atoms with van der Waals surface area (Å²) < 4.78 is 13.0. The molecule has 0 amide bonds. The average Bonchev–Trinajstić information content (AvgIpc) is 2.62. The molecular weight excluding hydrogens is 291 g/mol. The zero-order chi connectivity index (χ0) is 16.2. The lowest BCUT2D eigenvalue weighted by molar-refractivity contribution is 0.0801. The first-order valence-electron chi connectivity index (χ1n) is 8.09. The number of hydrogen-bond donors (Lipinski definition) is 0. The third kappa shape index (κ3) is 3.64. The second-order valence-corrected chi connectivity index (χ2v) is 6.14. The number of carbonyl (C=O) groups excluding carboxylic acids is 1. The maximum atomic E-state index is 13.0. The molecule has 1 aliphatic heterocycles. The van der Waals surface area contributed by atoms with Crippen LogP contribution in [0.2, 0.25) is 0 Å². The summed E-state index contributed by atoms with van der Waals surface area (Å²) in [5, 5.41) is 0. The summed E-state index contributed by atoms with van der Waals surface area (Å²) in [5.41, 5.74) is 1.82. The van der Waals surface area contributed by atoms with Crippen molar-refractivity contribution in [3.63, 3.8) is 0 Å². The molecule has 4 heteroatoms.